The predicted molar refractivity (Wildman–Crippen MR) is 84.8 cm³/mol. The number of carbonyl (C=O) groups excluding carboxylic acids is 2. The van der Waals surface area contributed by atoms with E-state index in [0.29, 0.717) is 31.1 Å². The molecule has 3 amide bonds. The number of carbonyl (C=O) groups is 2. The zero-order valence-electron chi connectivity index (χ0n) is 13.6. The van der Waals surface area contributed by atoms with Crippen molar-refractivity contribution in [1.29, 1.82) is 0 Å². The Morgan fingerprint density at radius 1 is 1.38 bits per heavy atom. The fraction of sp³-hybridized carbons (Fsp3) is 0.375. The molecule has 1 aliphatic rings. The lowest BCUT2D eigenvalue weighted by molar-refractivity contribution is 0.0912. The van der Waals surface area contributed by atoms with Crippen LogP contribution in [0.3, 0.4) is 0 Å². The Hall–Kier alpha value is -2.90. The first-order valence-corrected chi connectivity index (χ1v) is 7.74. The van der Waals surface area contributed by atoms with Gasteiger partial charge in [0.2, 0.25) is 0 Å². The monoisotopic (exact) mass is 329 g/mol. The summed E-state index contributed by atoms with van der Waals surface area (Å²) in [7, 11) is 0. The summed E-state index contributed by atoms with van der Waals surface area (Å²) in [5.41, 5.74) is 1.52. The Balaban J connectivity index is 1.57. The fourth-order valence-electron chi connectivity index (χ4n) is 2.38. The molecule has 0 atom stereocenters. The lowest BCUT2D eigenvalue weighted by Gasteiger charge is -2.17. The minimum absolute atomic E-state index is 0.0211. The topological polar surface area (TPSA) is 100 Å². The zero-order valence-corrected chi connectivity index (χ0v) is 13.6. The Morgan fingerprint density at radius 3 is 2.88 bits per heavy atom. The number of nitrogens with zero attached hydrogens (tertiary/aromatic N) is 3. The van der Waals surface area contributed by atoms with Crippen molar-refractivity contribution in [3.05, 3.63) is 47.4 Å². The maximum Gasteiger partial charge on any atom is 0.318 e. The van der Waals surface area contributed by atoms with E-state index < -0.39 is 0 Å². The third kappa shape index (κ3) is 3.53. The number of hydrogen-bond donors (Lipinski definition) is 2. The van der Waals surface area contributed by atoms with Crippen LogP contribution in [0.5, 0.6) is 0 Å². The molecule has 3 rings (SSSR count). The minimum atomic E-state index is -0.383. The number of hydrogen-bond acceptors (Lipinski definition) is 5. The van der Waals surface area contributed by atoms with E-state index in [1.807, 2.05) is 19.9 Å². The molecule has 0 unspecified atom stereocenters. The van der Waals surface area contributed by atoms with Crippen molar-refractivity contribution >= 4 is 11.9 Å². The van der Waals surface area contributed by atoms with E-state index in [9.17, 15) is 9.59 Å². The van der Waals surface area contributed by atoms with Crippen LogP contribution in [0.25, 0.3) is 0 Å². The van der Waals surface area contributed by atoms with Gasteiger partial charge in [0.1, 0.15) is 11.5 Å². The molecule has 3 heterocycles. The lowest BCUT2D eigenvalue weighted by Crippen LogP contribution is -2.40. The molecule has 0 spiro atoms. The molecular formula is C16H19N5O3. The quantitative estimate of drug-likeness (QED) is 0.884. The normalized spacial score (nSPS) is 13.0. The summed E-state index contributed by atoms with van der Waals surface area (Å²) in [5, 5.41) is 5.55. The highest BCUT2D eigenvalue weighted by Crippen LogP contribution is 2.23. The van der Waals surface area contributed by atoms with Gasteiger partial charge in [0.25, 0.3) is 5.89 Å². The van der Waals surface area contributed by atoms with Crippen molar-refractivity contribution in [2.75, 3.05) is 0 Å². The van der Waals surface area contributed by atoms with Gasteiger partial charge in [-0.2, -0.15) is 0 Å². The molecule has 2 aromatic rings. The Labute approximate surface area is 139 Å². The number of pyridine rings is 1. The highest BCUT2D eigenvalue weighted by molar-refractivity contribution is 5.89. The molecule has 8 heteroatoms. The van der Waals surface area contributed by atoms with Crippen LogP contribution in [-0.2, 0) is 19.6 Å². The first-order chi connectivity index (χ1) is 11.5. The van der Waals surface area contributed by atoms with Crippen molar-refractivity contribution in [3.8, 4) is 0 Å². The molecule has 0 aromatic carbocycles. The van der Waals surface area contributed by atoms with Crippen LogP contribution < -0.4 is 10.6 Å². The number of fused-ring (bicyclic) bond motifs is 1. The van der Waals surface area contributed by atoms with E-state index in [1.165, 1.54) is 0 Å². The van der Waals surface area contributed by atoms with E-state index in [4.69, 9.17) is 4.42 Å². The first-order valence-electron chi connectivity index (χ1n) is 7.74. The molecule has 0 aliphatic carbocycles. The molecule has 0 fully saturated rings. The van der Waals surface area contributed by atoms with E-state index in [-0.39, 0.29) is 23.9 Å². The smallest absolute Gasteiger partial charge is 0.318 e. The molecular weight excluding hydrogens is 310 g/mol. The van der Waals surface area contributed by atoms with Crippen LogP contribution in [0.2, 0.25) is 0 Å². The molecule has 1 aliphatic heterocycles. The zero-order chi connectivity index (χ0) is 17.1. The summed E-state index contributed by atoms with van der Waals surface area (Å²) >= 11 is 0. The largest absolute Gasteiger partial charge is 0.435 e. The third-order valence-electron chi connectivity index (χ3n) is 3.52. The van der Waals surface area contributed by atoms with Gasteiger partial charge in [-0.1, -0.05) is 6.07 Å². The average molecular weight is 329 g/mol. The number of oxazole rings is 1. The molecule has 8 nitrogen and oxygen atoms in total. The average Bonchev–Trinajstić information content (AvgIpc) is 3.12. The van der Waals surface area contributed by atoms with Gasteiger partial charge in [-0.15, -0.1) is 0 Å². The maximum absolute atomic E-state index is 12.1. The summed E-state index contributed by atoms with van der Waals surface area (Å²) in [5.74, 6) is 0.194. The van der Waals surface area contributed by atoms with Crippen molar-refractivity contribution in [1.82, 2.24) is 25.5 Å². The van der Waals surface area contributed by atoms with Gasteiger partial charge < -0.3 is 20.0 Å². The second-order valence-electron chi connectivity index (χ2n) is 5.89. The summed E-state index contributed by atoms with van der Waals surface area (Å²) in [6, 6.07) is 3.57. The number of rotatable bonds is 4. The van der Waals surface area contributed by atoms with Crippen molar-refractivity contribution in [2.24, 2.45) is 0 Å². The van der Waals surface area contributed by atoms with Crippen LogP contribution in [0.15, 0.2) is 28.9 Å². The highest BCUT2D eigenvalue weighted by atomic mass is 16.4. The SMILES string of the molecule is CC(C)NC(=O)N1Cc2nc(C(=O)NCc3cccnc3)oc2C1. The molecule has 0 bridgehead atoms. The summed E-state index contributed by atoms with van der Waals surface area (Å²) < 4.78 is 5.50. The van der Waals surface area contributed by atoms with E-state index in [2.05, 4.69) is 20.6 Å². The summed E-state index contributed by atoms with van der Waals surface area (Å²) in [6.45, 7) is 4.80. The highest BCUT2D eigenvalue weighted by Gasteiger charge is 2.30. The number of urea groups is 1. The van der Waals surface area contributed by atoms with Crippen LogP contribution in [0.4, 0.5) is 4.79 Å². The molecule has 24 heavy (non-hydrogen) atoms. The molecule has 2 N–H and O–H groups in total. The van der Waals surface area contributed by atoms with Crippen molar-refractivity contribution in [2.45, 2.75) is 39.5 Å². The Kier molecular flexibility index (Phi) is 4.45. The molecule has 0 radical (unpaired) electrons. The number of aromatic nitrogens is 2. The Bertz CT molecular complexity index is 718. The van der Waals surface area contributed by atoms with Gasteiger partial charge in [0.05, 0.1) is 13.1 Å². The van der Waals surface area contributed by atoms with Gasteiger partial charge in [0, 0.05) is 25.0 Å². The molecule has 0 saturated heterocycles. The fourth-order valence-corrected chi connectivity index (χ4v) is 2.38. The van der Waals surface area contributed by atoms with E-state index >= 15 is 0 Å². The molecule has 126 valence electrons. The Morgan fingerprint density at radius 2 is 2.21 bits per heavy atom. The van der Waals surface area contributed by atoms with Crippen LogP contribution in [0.1, 0.15) is 41.6 Å². The molecule has 2 aromatic heterocycles. The maximum atomic E-state index is 12.1. The summed E-state index contributed by atoms with van der Waals surface area (Å²) in [6.07, 6.45) is 3.35. The number of nitrogens with one attached hydrogen (secondary N) is 2. The summed E-state index contributed by atoms with van der Waals surface area (Å²) in [4.78, 5) is 33.8. The lowest BCUT2D eigenvalue weighted by atomic mass is 10.3. The molecule has 0 saturated carbocycles. The number of amides is 3. The van der Waals surface area contributed by atoms with Gasteiger partial charge in [-0.05, 0) is 25.5 Å². The first kappa shape index (κ1) is 16.0. The standard InChI is InChI=1S/C16H19N5O3/c1-10(2)19-16(23)21-8-12-13(9-21)24-15(20-12)14(22)18-7-11-4-3-5-17-6-11/h3-6,10H,7-9H2,1-2H3,(H,18,22)(H,19,23). The van der Waals surface area contributed by atoms with Gasteiger partial charge in [-0.3, -0.25) is 9.78 Å². The van der Waals surface area contributed by atoms with Crippen LogP contribution >= 0.6 is 0 Å². The van der Waals surface area contributed by atoms with E-state index in [0.717, 1.165) is 5.56 Å². The van der Waals surface area contributed by atoms with Gasteiger partial charge in [0.15, 0.2) is 0 Å². The van der Waals surface area contributed by atoms with E-state index in [1.54, 1.807) is 23.4 Å². The van der Waals surface area contributed by atoms with Crippen LogP contribution in [0, 0.1) is 0 Å². The second-order valence-corrected chi connectivity index (χ2v) is 5.89. The minimum Gasteiger partial charge on any atom is -0.435 e. The third-order valence-corrected chi connectivity index (χ3v) is 3.52. The van der Waals surface area contributed by atoms with Gasteiger partial charge in [-0.25, -0.2) is 9.78 Å². The predicted octanol–water partition coefficient (Wildman–Crippen LogP) is 1.43. The van der Waals surface area contributed by atoms with Crippen LogP contribution in [-0.4, -0.2) is 32.8 Å². The second kappa shape index (κ2) is 6.69. The van der Waals surface area contributed by atoms with Gasteiger partial charge >= 0.3 is 11.9 Å². The van der Waals surface area contributed by atoms with Crippen molar-refractivity contribution < 1.29 is 14.0 Å². The van der Waals surface area contributed by atoms with Crippen molar-refractivity contribution in [3.63, 3.8) is 0 Å².